The van der Waals surface area contributed by atoms with Gasteiger partial charge in [-0.05, 0) is 62.5 Å². The van der Waals surface area contributed by atoms with Gasteiger partial charge in [0.25, 0.3) is 0 Å². The van der Waals surface area contributed by atoms with Gasteiger partial charge in [0.05, 0.1) is 24.0 Å². The lowest BCUT2D eigenvalue weighted by Gasteiger charge is -2.60. The fourth-order valence-electron chi connectivity index (χ4n) is 8.79. The van der Waals surface area contributed by atoms with Crippen LogP contribution in [-0.4, -0.2) is 46.9 Å². The van der Waals surface area contributed by atoms with E-state index in [1.807, 2.05) is 41.5 Å². The standard InChI is InChI=1S/C32H44O7/c1-9-39-28(38)18(3)13-19(33)12-17(2)20-14-25(37)32(8)27-21(34)15-23-29(4,5)24(36)10-11-30(23,6)26(27)22(35)16-31(20,32)7/h12,18,20-21,23,34H,9-11,13-16H2,1-8H3/b17-12-/t18?,20-,21+,23+,30+,31-,32+/m1/s1. The van der Waals surface area contributed by atoms with Gasteiger partial charge in [-0.2, -0.15) is 0 Å². The first-order chi connectivity index (χ1) is 18.0. The maximum atomic E-state index is 14.1. The molecule has 0 amide bonds. The van der Waals surface area contributed by atoms with Crippen molar-refractivity contribution in [3.05, 3.63) is 22.8 Å². The average Bonchev–Trinajstić information content (AvgIpc) is 3.04. The van der Waals surface area contributed by atoms with Crippen LogP contribution in [0.25, 0.3) is 0 Å². The molecule has 0 heterocycles. The topological polar surface area (TPSA) is 115 Å². The van der Waals surface area contributed by atoms with Gasteiger partial charge in [0.1, 0.15) is 11.6 Å². The molecule has 0 aromatic carbocycles. The molecule has 0 saturated heterocycles. The predicted octanol–water partition coefficient (Wildman–Crippen LogP) is 4.74. The van der Waals surface area contributed by atoms with Gasteiger partial charge in [0.15, 0.2) is 11.6 Å². The number of Topliss-reactive ketones (excluding diaryl/α,β-unsaturated/α-hetero) is 3. The van der Waals surface area contributed by atoms with Gasteiger partial charge in [-0.3, -0.25) is 24.0 Å². The monoisotopic (exact) mass is 540 g/mol. The summed E-state index contributed by atoms with van der Waals surface area (Å²) >= 11 is 0. The zero-order chi connectivity index (χ0) is 29.3. The molecule has 4 aliphatic rings. The van der Waals surface area contributed by atoms with Crippen molar-refractivity contribution in [2.24, 2.45) is 39.4 Å². The molecule has 214 valence electrons. The second-order valence-corrected chi connectivity index (χ2v) is 13.7. The molecule has 4 aliphatic carbocycles. The first-order valence-corrected chi connectivity index (χ1v) is 14.4. The number of allylic oxidation sites excluding steroid dienone is 3. The summed E-state index contributed by atoms with van der Waals surface area (Å²) in [6.07, 6.45) is 2.10. The van der Waals surface area contributed by atoms with Crippen molar-refractivity contribution in [1.29, 1.82) is 0 Å². The van der Waals surface area contributed by atoms with Crippen molar-refractivity contribution in [2.75, 3.05) is 6.61 Å². The number of esters is 1. The van der Waals surface area contributed by atoms with E-state index in [2.05, 4.69) is 0 Å². The van der Waals surface area contributed by atoms with Crippen molar-refractivity contribution < 1.29 is 33.8 Å². The fourth-order valence-corrected chi connectivity index (χ4v) is 8.79. The third-order valence-electron chi connectivity index (χ3n) is 11.2. The smallest absolute Gasteiger partial charge is 0.309 e. The number of aliphatic hydroxyl groups is 1. The molecule has 0 bridgehead atoms. The third kappa shape index (κ3) is 4.13. The van der Waals surface area contributed by atoms with Crippen LogP contribution in [0.4, 0.5) is 0 Å². The fraction of sp³-hybridized carbons (Fsp3) is 0.719. The van der Waals surface area contributed by atoms with E-state index >= 15 is 0 Å². The van der Waals surface area contributed by atoms with Crippen molar-refractivity contribution in [3.63, 3.8) is 0 Å². The van der Waals surface area contributed by atoms with Crippen LogP contribution in [0.15, 0.2) is 22.8 Å². The maximum absolute atomic E-state index is 14.1. The van der Waals surface area contributed by atoms with Gasteiger partial charge in [0, 0.05) is 42.1 Å². The van der Waals surface area contributed by atoms with Crippen molar-refractivity contribution in [3.8, 4) is 0 Å². The van der Waals surface area contributed by atoms with E-state index in [0.717, 1.165) is 0 Å². The minimum atomic E-state index is -1.06. The second kappa shape index (κ2) is 9.60. The Kier molecular flexibility index (Phi) is 7.28. The Morgan fingerprint density at radius 1 is 1.10 bits per heavy atom. The zero-order valence-electron chi connectivity index (χ0n) is 24.7. The summed E-state index contributed by atoms with van der Waals surface area (Å²) in [5.74, 6) is -1.69. The maximum Gasteiger partial charge on any atom is 0.309 e. The number of carbonyl (C=O) groups is 5. The first kappa shape index (κ1) is 29.6. The SMILES string of the molecule is CCOC(=O)C(C)CC(=O)/C=C(/C)[C@H]1CC(=O)[C@@]2(C)C3=C(C(=O)C[C@]12C)[C@@]1(C)CCC(=O)C(C)(C)[C@@H]1C[C@@H]3O. The molecule has 0 aromatic heterocycles. The number of rotatable bonds is 6. The number of ether oxygens (including phenoxy) is 1. The third-order valence-corrected chi connectivity index (χ3v) is 11.2. The molecule has 1 unspecified atom stereocenters. The van der Waals surface area contributed by atoms with Crippen molar-refractivity contribution in [2.45, 2.75) is 100 Å². The van der Waals surface area contributed by atoms with Crippen LogP contribution in [0.1, 0.15) is 93.9 Å². The molecule has 0 spiro atoms. The Balaban J connectivity index is 1.74. The van der Waals surface area contributed by atoms with Gasteiger partial charge < -0.3 is 9.84 Å². The molecule has 0 aromatic rings. The highest BCUT2D eigenvalue weighted by Crippen LogP contribution is 2.70. The Labute approximate surface area is 231 Å². The van der Waals surface area contributed by atoms with Gasteiger partial charge >= 0.3 is 5.97 Å². The molecular weight excluding hydrogens is 496 g/mol. The second-order valence-electron chi connectivity index (χ2n) is 13.7. The van der Waals surface area contributed by atoms with E-state index in [1.165, 1.54) is 6.08 Å². The van der Waals surface area contributed by atoms with Gasteiger partial charge in [-0.15, -0.1) is 0 Å². The molecular formula is C32H44O7. The Hall–Kier alpha value is -2.41. The van der Waals surface area contributed by atoms with Crippen molar-refractivity contribution >= 4 is 29.1 Å². The normalized spacial score (nSPS) is 38.6. The number of hydrogen-bond donors (Lipinski definition) is 1. The van der Waals surface area contributed by atoms with Gasteiger partial charge in [0.2, 0.25) is 0 Å². The van der Waals surface area contributed by atoms with Crippen LogP contribution in [0, 0.1) is 39.4 Å². The minimum absolute atomic E-state index is 0.00597. The van der Waals surface area contributed by atoms with Crippen LogP contribution >= 0.6 is 0 Å². The summed E-state index contributed by atoms with van der Waals surface area (Å²) in [7, 11) is 0. The summed E-state index contributed by atoms with van der Waals surface area (Å²) < 4.78 is 5.02. The summed E-state index contributed by atoms with van der Waals surface area (Å²) in [5.41, 5.74) is -1.29. The first-order valence-electron chi connectivity index (χ1n) is 14.4. The van der Waals surface area contributed by atoms with Crippen molar-refractivity contribution in [1.82, 2.24) is 0 Å². The predicted molar refractivity (Wildman–Crippen MR) is 145 cm³/mol. The minimum Gasteiger partial charge on any atom is -0.466 e. The highest BCUT2D eigenvalue weighted by atomic mass is 16.5. The van der Waals surface area contributed by atoms with E-state index in [4.69, 9.17) is 4.74 Å². The molecule has 2 saturated carbocycles. The summed E-state index contributed by atoms with van der Waals surface area (Å²) in [4.78, 5) is 65.8. The zero-order valence-corrected chi connectivity index (χ0v) is 24.7. The lowest BCUT2D eigenvalue weighted by atomic mass is 9.42. The van der Waals surface area contributed by atoms with E-state index < -0.39 is 39.7 Å². The quantitative estimate of drug-likeness (QED) is 0.382. The van der Waals surface area contributed by atoms with E-state index in [0.29, 0.717) is 36.0 Å². The number of aliphatic hydroxyl groups excluding tert-OH is 1. The Bertz CT molecular complexity index is 1200. The van der Waals surface area contributed by atoms with E-state index in [1.54, 1.807) is 13.8 Å². The summed E-state index contributed by atoms with van der Waals surface area (Å²) in [6.45, 7) is 15.1. The molecule has 4 rings (SSSR count). The number of carbonyl (C=O) groups excluding carboxylic acids is 5. The van der Waals surface area contributed by atoms with E-state index in [9.17, 15) is 29.1 Å². The summed E-state index contributed by atoms with van der Waals surface area (Å²) in [5, 5.41) is 11.6. The largest absolute Gasteiger partial charge is 0.466 e. The van der Waals surface area contributed by atoms with Crippen LogP contribution < -0.4 is 0 Å². The lowest BCUT2D eigenvalue weighted by Crippen LogP contribution is -2.59. The average molecular weight is 541 g/mol. The van der Waals surface area contributed by atoms with E-state index in [-0.39, 0.29) is 60.8 Å². The molecule has 0 aliphatic heterocycles. The van der Waals surface area contributed by atoms with Gasteiger partial charge in [-0.25, -0.2) is 0 Å². The highest BCUT2D eigenvalue weighted by Gasteiger charge is 2.70. The number of ketones is 4. The lowest BCUT2D eigenvalue weighted by molar-refractivity contribution is -0.148. The van der Waals surface area contributed by atoms with Crippen LogP contribution in [-0.2, 0) is 28.7 Å². The van der Waals surface area contributed by atoms with Gasteiger partial charge in [-0.1, -0.05) is 40.2 Å². The molecule has 0 radical (unpaired) electrons. The number of hydrogen-bond acceptors (Lipinski definition) is 7. The Morgan fingerprint density at radius 2 is 1.74 bits per heavy atom. The molecule has 2 fully saturated rings. The Morgan fingerprint density at radius 3 is 2.36 bits per heavy atom. The molecule has 7 atom stereocenters. The molecule has 39 heavy (non-hydrogen) atoms. The number of fused-ring (bicyclic) bond motifs is 4. The molecule has 7 nitrogen and oxygen atoms in total. The molecule has 7 heteroatoms. The highest BCUT2D eigenvalue weighted by molar-refractivity contribution is 6.06. The van der Waals surface area contributed by atoms with Crippen LogP contribution in [0.3, 0.4) is 0 Å². The van der Waals surface area contributed by atoms with Crippen LogP contribution in [0.5, 0.6) is 0 Å². The van der Waals surface area contributed by atoms with Crippen LogP contribution in [0.2, 0.25) is 0 Å². The summed E-state index contributed by atoms with van der Waals surface area (Å²) in [6, 6.07) is 0. The molecule has 1 N–H and O–H groups in total.